The predicted octanol–water partition coefficient (Wildman–Crippen LogP) is 4.88. The number of nitro benzene ring substituents is 1. The van der Waals surface area contributed by atoms with E-state index in [1.54, 1.807) is 37.3 Å². The lowest BCUT2D eigenvalue weighted by Crippen LogP contribution is -2.25. The molecule has 3 rings (SSSR count). The molecule has 1 N–H and O–H groups in total. The van der Waals surface area contributed by atoms with E-state index in [1.165, 1.54) is 6.07 Å². The van der Waals surface area contributed by atoms with Gasteiger partial charge in [0.25, 0.3) is 5.91 Å². The van der Waals surface area contributed by atoms with Gasteiger partial charge in [-0.05, 0) is 72.4 Å². The van der Waals surface area contributed by atoms with Crippen molar-refractivity contribution in [3.8, 4) is 5.75 Å². The lowest BCUT2D eigenvalue weighted by Gasteiger charge is -2.10. The number of nitrogens with one attached hydrogen (secondary N) is 1. The maximum absolute atomic E-state index is 12.5. The number of nitrogens with zero attached hydrogens (tertiary/aromatic N) is 3. The molecule has 0 saturated carbocycles. The van der Waals surface area contributed by atoms with E-state index in [1.807, 2.05) is 24.6 Å². The molecule has 168 valence electrons. The molecule has 1 amide bonds. The van der Waals surface area contributed by atoms with E-state index in [-0.39, 0.29) is 24.0 Å². The van der Waals surface area contributed by atoms with Crippen molar-refractivity contribution in [3.05, 3.63) is 85.1 Å². The first kappa shape index (κ1) is 23.5. The zero-order valence-corrected chi connectivity index (χ0v) is 19.8. The van der Waals surface area contributed by atoms with Crippen LogP contribution < -0.4 is 10.1 Å². The fourth-order valence-electron chi connectivity index (χ4n) is 3.28. The van der Waals surface area contributed by atoms with Crippen molar-refractivity contribution < 1.29 is 14.5 Å². The number of aromatic nitrogens is 2. The Morgan fingerprint density at radius 2 is 2.00 bits per heavy atom. The van der Waals surface area contributed by atoms with E-state index in [0.29, 0.717) is 18.7 Å². The number of hydrogen-bond donors (Lipinski definition) is 1. The molecule has 3 aromatic rings. The highest BCUT2D eigenvalue weighted by molar-refractivity contribution is 9.10. The summed E-state index contributed by atoms with van der Waals surface area (Å²) in [6.45, 7) is 7.09. The van der Waals surface area contributed by atoms with Crippen LogP contribution in [0.3, 0.4) is 0 Å². The Labute approximate surface area is 194 Å². The minimum absolute atomic E-state index is 0.0754. The van der Waals surface area contributed by atoms with Crippen LogP contribution in [0.1, 0.15) is 39.3 Å². The van der Waals surface area contributed by atoms with E-state index in [9.17, 15) is 14.9 Å². The van der Waals surface area contributed by atoms with Gasteiger partial charge in [-0.1, -0.05) is 18.2 Å². The van der Waals surface area contributed by atoms with Gasteiger partial charge >= 0.3 is 5.69 Å². The second-order valence-corrected chi connectivity index (χ2v) is 8.33. The second-order valence-electron chi connectivity index (χ2n) is 7.53. The predicted molar refractivity (Wildman–Crippen MR) is 125 cm³/mol. The zero-order valence-electron chi connectivity index (χ0n) is 18.2. The first-order valence-electron chi connectivity index (χ1n) is 10.2. The monoisotopic (exact) mass is 500 g/mol. The lowest BCUT2D eigenvalue weighted by atomic mass is 10.1. The summed E-state index contributed by atoms with van der Waals surface area (Å²) in [5.41, 5.74) is 3.98. The van der Waals surface area contributed by atoms with Crippen molar-refractivity contribution in [1.29, 1.82) is 0 Å². The minimum atomic E-state index is -0.461. The number of carbonyl (C=O) groups excluding carboxylic acids is 1. The molecule has 2 aromatic carbocycles. The maximum Gasteiger partial charge on any atom is 0.311 e. The van der Waals surface area contributed by atoms with E-state index in [2.05, 4.69) is 26.3 Å². The lowest BCUT2D eigenvalue weighted by molar-refractivity contribution is -0.386. The summed E-state index contributed by atoms with van der Waals surface area (Å²) in [7, 11) is 0. The molecule has 0 aliphatic carbocycles. The molecule has 9 heteroatoms. The minimum Gasteiger partial charge on any atom is -0.482 e. The molecule has 8 nitrogen and oxygen atoms in total. The number of benzene rings is 2. The third kappa shape index (κ3) is 5.73. The van der Waals surface area contributed by atoms with Gasteiger partial charge in [0.2, 0.25) is 0 Å². The standard InChI is InChI=1S/C23H25BrN4O4/c1-15-8-9-21(20(12-15)28(30)31)32-14-18-6-4-7-19(13-18)23(29)25-10-5-11-27-17(3)22(24)16(2)26-27/h4,6-9,12-13H,5,10-11,14H2,1-3H3,(H,25,29). The fraction of sp³-hybridized carbons (Fsp3) is 0.304. The van der Waals surface area contributed by atoms with Gasteiger partial charge in [-0.25, -0.2) is 0 Å². The van der Waals surface area contributed by atoms with Crippen LogP contribution >= 0.6 is 15.9 Å². The van der Waals surface area contributed by atoms with Crippen molar-refractivity contribution in [2.45, 2.75) is 40.3 Å². The molecular weight excluding hydrogens is 476 g/mol. The molecule has 0 spiro atoms. The first-order chi connectivity index (χ1) is 15.3. The largest absolute Gasteiger partial charge is 0.482 e. The highest BCUT2D eigenvalue weighted by atomic mass is 79.9. The number of rotatable bonds is 9. The van der Waals surface area contributed by atoms with Crippen LogP contribution in [0.25, 0.3) is 0 Å². The molecular formula is C23H25BrN4O4. The summed E-state index contributed by atoms with van der Waals surface area (Å²) >= 11 is 3.51. The Hall–Kier alpha value is -3.20. The third-order valence-corrected chi connectivity index (χ3v) is 6.17. The number of aryl methyl sites for hydroxylation is 3. The molecule has 0 fully saturated rings. The van der Waals surface area contributed by atoms with Crippen LogP contribution in [0.2, 0.25) is 0 Å². The Kier molecular flexibility index (Phi) is 7.63. The smallest absolute Gasteiger partial charge is 0.311 e. The van der Waals surface area contributed by atoms with Crippen molar-refractivity contribution in [1.82, 2.24) is 15.1 Å². The van der Waals surface area contributed by atoms with E-state index in [4.69, 9.17) is 4.74 Å². The molecule has 0 unspecified atom stereocenters. The SMILES string of the molecule is Cc1ccc(OCc2cccc(C(=O)NCCCn3nc(C)c(Br)c3C)c2)c([N+](=O)[O-])c1. The van der Waals surface area contributed by atoms with Crippen molar-refractivity contribution in [2.75, 3.05) is 6.54 Å². The summed E-state index contributed by atoms with van der Waals surface area (Å²) in [6, 6.07) is 11.9. The van der Waals surface area contributed by atoms with Crippen LogP contribution in [0.5, 0.6) is 5.75 Å². The average Bonchev–Trinajstić information content (AvgIpc) is 3.02. The van der Waals surface area contributed by atoms with Gasteiger partial charge in [-0.2, -0.15) is 5.10 Å². The third-order valence-electron chi connectivity index (χ3n) is 5.02. The molecule has 32 heavy (non-hydrogen) atoms. The normalized spacial score (nSPS) is 10.8. The van der Waals surface area contributed by atoms with Gasteiger partial charge < -0.3 is 10.1 Å². The zero-order chi connectivity index (χ0) is 23.3. The molecule has 0 radical (unpaired) electrons. The fourth-order valence-corrected chi connectivity index (χ4v) is 3.57. The van der Waals surface area contributed by atoms with Crippen LogP contribution in [-0.2, 0) is 13.2 Å². The molecule has 1 heterocycles. The Balaban J connectivity index is 1.54. The number of amides is 1. The summed E-state index contributed by atoms with van der Waals surface area (Å²) in [5.74, 6) is 0.0222. The van der Waals surface area contributed by atoms with Gasteiger partial charge in [-0.3, -0.25) is 19.6 Å². The number of ether oxygens (including phenoxy) is 1. The van der Waals surface area contributed by atoms with E-state index >= 15 is 0 Å². The molecule has 0 aliphatic rings. The van der Waals surface area contributed by atoms with Crippen LogP contribution in [0.4, 0.5) is 5.69 Å². The number of hydrogen-bond acceptors (Lipinski definition) is 5. The number of halogens is 1. The van der Waals surface area contributed by atoms with Gasteiger partial charge in [0, 0.05) is 30.4 Å². The van der Waals surface area contributed by atoms with E-state index < -0.39 is 4.92 Å². The summed E-state index contributed by atoms with van der Waals surface area (Å²) < 4.78 is 8.59. The first-order valence-corrected chi connectivity index (χ1v) is 11.0. The van der Waals surface area contributed by atoms with Gasteiger partial charge in [0.1, 0.15) is 6.61 Å². The Morgan fingerprint density at radius 3 is 2.69 bits per heavy atom. The molecule has 0 saturated heterocycles. The highest BCUT2D eigenvalue weighted by Crippen LogP contribution is 2.28. The van der Waals surface area contributed by atoms with Gasteiger partial charge in [0.15, 0.2) is 5.75 Å². The van der Waals surface area contributed by atoms with Gasteiger partial charge in [-0.15, -0.1) is 0 Å². The topological polar surface area (TPSA) is 99.3 Å². The van der Waals surface area contributed by atoms with E-state index in [0.717, 1.165) is 33.4 Å². The highest BCUT2D eigenvalue weighted by Gasteiger charge is 2.15. The van der Waals surface area contributed by atoms with Gasteiger partial charge in [0.05, 0.1) is 15.1 Å². The van der Waals surface area contributed by atoms with Crippen molar-refractivity contribution in [3.63, 3.8) is 0 Å². The summed E-state index contributed by atoms with van der Waals surface area (Å²) in [5, 5.41) is 18.6. The maximum atomic E-state index is 12.5. The molecule has 0 aliphatic heterocycles. The molecule has 0 bridgehead atoms. The quantitative estimate of drug-likeness (QED) is 0.256. The van der Waals surface area contributed by atoms with Crippen molar-refractivity contribution in [2.24, 2.45) is 0 Å². The van der Waals surface area contributed by atoms with Crippen LogP contribution in [-0.4, -0.2) is 27.2 Å². The molecule has 1 aromatic heterocycles. The average molecular weight is 501 g/mol. The number of nitro groups is 1. The summed E-state index contributed by atoms with van der Waals surface area (Å²) in [4.78, 5) is 23.3. The Bertz CT molecular complexity index is 1140. The van der Waals surface area contributed by atoms with Crippen molar-refractivity contribution >= 4 is 27.5 Å². The van der Waals surface area contributed by atoms with Crippen LogP contribution in [0, 0.1) is 30.9 Å². The number of carbonyl (C=O) groups is 1. The summed E-state index contributed by atoms with van der Waals surface area (Å²) in [6.07, 6.45) is 0.750. The van der Waals surface area contributed by atoms with Crippen LogP contribution in [0.15, 0.2) is 46.9 Å². The Morgan fingerprint density at radius 1 is 1.22 bits per heavy atom. The second kappa shape index (κ2) is 10.4. The molecule has 0 atom stereocenters.